The van der Waals surface area contributed by atoms with Crippen LogP contribution in [0.4, 0.5) is 0 Å². The summed E-state index contributed by atoms with van der Waals surface area (Å²) >= 11 is 13.5. The van der Waals surface area contributed by atoms with Crippen molar-refractivity contribution in [3.05, 3.63) is 190 Å². The lowest BCUT2D eigenvalue weighted by Crippen LogP contribution is -2.28. The lowest BCUT2D eigenvalue weighted by atomic mass is 9.67. The van der Waals surface area contributed by atoms with Gasteiger partial charge in [-0.3, -0.25) is 0 Å². The van der Waals surface area contributed by atoms with E-state index in [1.807, 2.05) is 12.1 Å². The molecule has 2 heteroatoms. The quantitative estimate of drug-likeness (QED) is 0.192. The van der Waals surface area contributed by atoms with Gasteiger partial charge in [-0.15, -0.1) is 0 Å². The molecule has 1 aliphatic carbocycles. The fraction of sp³-hybridized carbons (Fsp3) is 0.0244. The van der Waals surface area contributed by atoms with Crippen LogP contribution in [0.2, 0.25) is 10.0 Å². The van der Waals surface area contributed by atoms with Gasteiger partial charge in [0.05, 0.1) is 10.4 Å². The predicted molar refractivity (Wildman–Crippen MR) is 182 cm³/mol. The van der Waals surface area contributed by atoms with Crippen molar-refractivity contribution in [1.29, 1.82) is 0 Å². The first-order valence-electron chi connectivity index (χ1n) is 14.5. The lowest BCUT2D eigenvalue weighted by Gasteiger charge is -2.34. The Morgan fingerprint density at radius 3 is 1.63 bits per heavy atom. The maximum Gasteiger partial charge on any atom is 0.0713 e. The van der Waals surface area contributed by atoms with Crippen LogP contribution in [-0.2, 0) is 5.41 Å². The zero-order chi connectivity index (χ0) is 29.0. The molecule has 0 nitrogen and oxygen atoms in total. The molecule has 0 saturated heterocycles. The van der Waals surface area contributed by atoms with Gasteiger partial charge in [0.2, 0.25) is 0 Å². The van der Waals surface area contributed by atoms with Gasteiger partial charge in [-0.2, -0.15) is 0 Å². The van der Waals surface area contributed by atoms with E-state index in [0.717, 1.165) is 43.1 Å². The van der Waals surface area contributed by atoms with E-state index in [9.17, 15) is 0 Å². The molecule has 0 spiro atoms. The molecule has 8 rings (SSSR count). The first-order valence-corrected chi connectivity index (χ1v) is 15.2. The molecule has 0 atom stereocenters. The molecule has 0 aliphatic heterocycles. The van der Waals surface area contributed by atoms with E-state index in [4.69, 9.17) is 23.2 Å². The Bertz CT molecular complexity index is 2110. The zero-order valence-corrected chi connectivity index (χ0v) is 24.8. The molecule has 1 aliphatic rings. The lowest BCUT2D eigenvalue weighted by molar-refractivity contribution is 0.769. The molecule has 0 heterocycles. The average molecular weight is 590 g/mol. The Morgan fingerprint density at radius 2 is 0.907 bits per heavy atom. The second kappa shape index (κ2) is 10.3. The maximum absolute atomic E-state index is 7.26. The second-order valence-corrected chi connectivity index (χ2v) is 12.0. The van der Waals surface area contributed by atoms with Gasteiger partial charge in [-0.05, 0) is 79.5 Å². The number of fused-ring (bicyclic) bond motifs is 4. The van der Waals surface area contributed by atoms with Gasteiger partial charge in [-0.1, -0.05) is 157 Å². The van der Waals surface area contributed by atoms with Crippen molar-refractivity contribution in [1.82, 2.24) is 0 Å². The third kappa shape index (κ3) is 4.06. The van der Waals surface area contributed by atoms with Crippen molar-refractivity contribution >= 4 is 34.0 Å². The molecule has 0 amide bonds. The molecule has 0 aromatic heterocycles. The molecule has 7 aromatic rings. The Hall–Kier alpha value is -4.62. The zero-order valence-electron chi connectivity index (χ0n) is 23.3. The number of rotatable bonds is 4. The summed E-state index contributed by atoms with van der Waals surface area (Å²) in [6.45, 7) is 0. The van der Waals surface area contributed by atoms with Crippen LogP contribution in [0.5, 0.6) is 0 Å². The average Bonchev–Trinajstić information content (AvgIpc) is 3.36. The van der Waals surface area contributed by atoms with Crippen LogP contribution in [-0.4, -0.2) is 0 Å². The van der Waals surface area contributed by atoms with Crippen molar-refractivity contribution < 1.29 is 0 Å². The van der Waals surface area contributed by atoms with Crippen molar-refractivity contribution in [2.75, 3.05) is 0 Å². The van der Waals surface area contributed by atoms with Gasteiger partial charge in [0.1, 0.15) is 0 Å². The number of hydrogen-bond donors (Lipinski definition) is 0. The van der Waals surface area contributed by atoms with Crippen LogP contribution in [0.15, 0.2) is 158 Å². The highest BCUT2D eigenvalue weighted by Gasteiger charge is 2.45. The Kier molecular flexibility index (Phi) is 6.22. The minimum Gasteiger partial charge on any atom is -0.0843 e. The van der Waals surface area contributed by atoms with Crippen LogP contribution in [0.3, 0.4) is 0 Å². The van der Waals surface area contributed by atoms with Gasteiger partial charge in [-0.25, -0.2) is 0 Å². The summed E-state index contributed by atoms with van der Waals surface area (Å²) in [6.07, 6.45) is 0. The maximum atomic E-state index is 7.26. The van der Waals surface area contributed by atoms with Crippen molar-refractivity contribution in [3.8, 4) is 33.4 Å². The molecule has 7 aromatic carbocycles. The molecule has 0 N–H and O–H groups in total. The summed E-state index contributed by atoms with van der Waals surface area (Å²) in [5.41, 5.74) is 11.4. The highest BCUT2D eigenvalue weighted by atomic mass is 35.5. The minimum atomic E-state index is -0.450. The molecule has 0 saturated carbocycles. The summed E-state index contributed by atoms with van der Waals surface area (Å²) in [4.78, 5) is 0. The van der Waals surface area contributed by atoms with Crippen molar-refractivity contribution in [2.24, 2.45) is 0 Å². The van der Waals surface area contributed by atoms with E-state index in [1.54, 1.807) is 0 Å². The van der Waals surface area contributed by atoms with Crippen LogP contribution in [0, 0.1) is 0 Å². The number of halogens is 2. The van der Waals surface area contributed by atoms with Gasteiger partial charge in [0.15, 0.2) is 0 Å². The number of hydrogen-bond acceptors (Lipinski definition) is 0. The minimum absolute atomic E-state index is 0.450. The summed E-state index contributed by atoms with van der Waals surface area (Å²) < 4.78 is 0. The highest BCUT2D eigenvalue weighted by Crippen LogP contribution is 2.56. The molecule has 0 unspecified atom stereocenters. The number of benzene rings is 7. The SMILES string of the molecule is Clc1ccc2cc(-c3cccc(-c4cccc(C5(c6ccccc6)c6ccccc6-c6ccccc65)c4)c3Cl)ccc2c1. The topological polar surface area (TPSA) is 0 Å². The molecular formula is C41H26Cl2. The summed E-state index contributed by atoms with van der Waals surface area (Å²) in [7, 11) is 0. The van der Waals surface area contributed by atoms with Crippen molar-refractivity contribution in [2.45, 2.75) is 5.41 Å². The van der Waals surface area contributed by atoms with E-state index in [1.165, 1.54) is 33.4 Å². The highest BCUT2D eigenvalue weighted by molar-refractivity contribution is 6.36. The van der Waals surface area contributed by atoms with E-state index in [-0.39, 0.29) is 0 Å². The van der Waals surface area contributed by atoms with Crippen LogP contribution < -0.4 is 0 Å². The van der Waals surface area contributed by atoms with Crippen LogP contribution >= 0.6 is 23.2 Å². The molecular weight excluding hydrogens is 563 g/mol. The second-order valence-electron chi connectivity index (χ2n) is 11.2. The summed E-state index contributed by atoms with van der Waals surface area (Å²) in [5.74, 6) is 0. The molecule has 0 fully saturated rings. The molecule has 0 radical (unpaired) electrons. The smallest absolute Gasteiger partial charge is 0.0713 e. The fourth-order valence-corrected chi connectivity index (χ4v) is 7.52. The molecule has 204 valence electrons. The first-order chi connectivity index (χ1) is 21.1. The third-order valence-corrected chi connectivity index (χ3v) is 9.52. The summed E-state index contributed by atoms with van der Waals surface area (Å²) in [5, 5.41) is 3.73. The van der Waals surface area contributed by atoms with Gasteiger partial charge in [0, 0.05) is 16.1 Å². The Labute approximate surface area is 261 Å². The van der Waals surface area contributed by atoms with Gasteiger partial charge in [0.25, 0.3) is 0 Å². The monoisotopic (exact) mass is 588 g/mol. The van der Waals surface area contributed by atoms with Gasteiger partial charge < -0.3 is 0 Å². The van der Waals surface area contributed by atoms with E-state index < -0.39 is 5.41 Å². The van der Waals surface area contributed by atoms with Crippen LogP contribution in [0.25, 0.3) is 44.2 Å². The normalized spacial score (nSPS) is 13.1. The summed E-state index contributed by atoms with van der Waals surface area (Å²) in [6, 6.07) is 56.2. The predicted octanol–water partition coefficient (Wildman–Crippen LogP) is 11.8. The fourth-order valence-electron chi connectivity index (χ4n) is 6.99. The third-order valence-electron chi connectivity index (χ3n) is 8.88. The Morgan fingerprint density at radius 1 is 0.372 bits per heavy atom. The van der Waals surface area contributed by atoms with E-state index in [2.05, 4.69) is 146 Å². The standard InChI is InChI=1S/C41H26Cl2/c42-33-23-22-27-24-30(21-20-28(27)26-33)35-17-9-16-34(40(35)43)29-10-8-13-32(25-29)41(31-11-2-1-3-12-31)38-18-6-4-14-36(38)37-15-5-7-19-39(37)41/h1-26H. The van der Waals surface area contributed by atoms with Gasteiger partial charge >= 0.3 is 0 Å². The van der Waals surface area contributed by atoms with E-state index >= 15 is 0 Å². The largest absolute Gasteiger partial charge is 0.0843 e. The van der Waals surface area contributed by atoms with Crippen LogP contribution in [0.1, 0.15) is 22.3 Å². The molecule has 0 bridgehead atoms. The van der Waals surface area contributed by atoms with Crippen molar-refractivity contribution in [3.63, 3.8) is 0 Å². The van der Waals surface area contributed by atoms with E-state index in [0.29, 0.717) is 0 Å². The first kappa shape index (κ1) is 26.0. The molecule has 43 heavy (non-hydrogen) atoms. The Balaban J connectivity index is 1.33.